The van der Waals surface area contributed by atoms with Crippen molar-refractivity contribution in [1.29, 1.82) is 0 Å². The third-order valence-electron chi connectivity index (χ3n) is 10.7. The maximum atomic E-state index is 13.8. The number of rotatable bonds is 20. The molecule has 3 saturated heterocycles. The van der Waals surface area contributed by atoms with Gasteiger partial charge in [0.15, 0.2) is 11.5 Å². The number of halogens is 4. The van der Waals surface area contributed by atoms with Gasteiger partial charge >= 0.3 is 18.6 Å². The van der Waals surface area contributed by atoms with Gasteiger partial charge in [0.2, 0.25) is 10.0 Å². The molecular weight excluding hydrogens is 843 g/mol. The van der Waals surface area contributed by atoms with Crippen molar-refractivity contribution in [2.45, 2.75) is 75.2 Å². The Bertz CT molecular complexity index is 2180. The van der Waals surface area contributed by atoms with Gasteiger partial charge in [-0.1, -0.05) is 72.2 Å². The number of hydrogen-bond donors (Lipinski definition) is 2. The molecule has 4 fully saturated rings. The summed E-state index contributed by atoms with van der Waals surface area (Å²) in [5, 5.41) is 3.01. The van der Waals surface area contributed by atoms with Crippen molar-refractivity contribution < 1.29 is 50.5 Å². The standard InChI is InChI=1S/C43H47Cl2F2N3O9S/c1-26(44)34(27(2)45)23-36(31-13-14-35(59-43(46)47)37(22-31)56-25-28-11-12-28)57-39(51)15-18-48-41(52)32-9-6-10-33(21-32)60(54,55)49-40(30-7-4-3-5-8-30)42(53)58-38-24-50-19-16-29(38)17-20-50/h3-10,13-14,21-22,28-29,36,38,40,43,49H,1,11-12,15-20,23-25H2,2H3,(H,48,52)/b34-27+/t36-,38-,40?/m0/s1. The fraction of sp³-hybridized carbons (Fsp3) is 0.419. The zero-order valence-electron chi connectivity index (χ0n) is 32.9. The summed E-state index contributed by atoms with van der Waals surface area (Å²) in [5.74, 6) is -1.75. The minimum atomic E-state index is -4.37. The summed E-state index contributed by atoms with van der Waals surface area (Å²) in [7, 11) is -4.37. The Hall–Kier alpha value is -4.54. The van der Waals surface area contributed by atoms with Gasteiger partial charge in [-0.15, -0.1) is 0 Å². The maximum absolute atomic E-state index is 13.8. The summed E-state index contributed by atoms with van der Waals surface area (Å²) < 4.78 is 78.6. The van der Waals surface area contributed by atoms with E-state index < -0.39 is 46.6 Å². The molecule has 4 aliphatic rings. The van der Waals surface area contributed by atoms with E-state index in [2.05, 4.69) is 26.3 Å². The van der Waals surface area contributed by atoms with Crippen molar-refractivity contribution in [1.82, 2.24) is 14.9 Å². The van der Waals surface area contributed by atoms with Crippen LogP contribution in [0.1, 0.15) is 79.1 Å². The van der Waals surface area contributed by atoms with E-state index in [4.69, 9.17) is 37.4 Å². The molecule has 322 valence electrons. The van der Waals surface area contributed by atoms with Crippen LogP contribution in [0.2, 0.25) is 0 Å². The Morgan fingerprint density at radius 2 is 1.67 bits per heavy atom. The molecule has 1 saturated carbocycles. The number of carbonyl (C=O) groups is 3. The van der Waals surface area contributed by atoms with Crippen molar-refractivity contribution >= 4 is 51.1 Å². The van der Waals surface area contributed by atoms with Gasteiger partial charge in [-0.05, 0) is 105 Å². The van der Waals surface area contributed by atoms with E-state index in [1.807, 2.05) is 0 Å². The minimum Gasteiger partial charge on any atom is -0.489 e. The normalized spacial score (nSPS) is 20.1. The first kappa shape index (κ1) is 45.0. The molecule has 60 heavy (non-hydrogen) atoms. The number of sulfonamides is 1. The second-order valence-electron chi connectivity index (χ2n) is 15.1. The molecule has 12 nitrogen and oxygen atoms in total. The van der Waals surface area contributed by atoms with E-state index >= 15 is 0 Å². The maximum Gasteiger partial charge on any atom is 0.387 e. The van der Waals surface area contributed by atoms with Crippen molar-refractivity contribution in [2.24, 2.45) is 11.8 Å². The van der Waals surface area contributed by atoms with Crippen LogP contribution in [0.5, 0.6) is 11.5 Å². The van der Waals surface area contributed by atoms with Crippen LogP contribution in [0, 0.1) is 11.8 Å². The fourth-order valence-electron chi connectivity index (χ4n) is 7.16. The third kappa shape index (κ3) is 12.3. The average Bonchev–Trinajstić information content (AvgIpc) is 4.06. The SMILES string of the molecule is C=C(Cl)/C(C[C@H](OC(=O)CCNC(=O)c1cccc(S(=O)(=O)NC(C(=O)O[C@H]2CN3CCC2CC3)c2ccccc2)c1)c1ccc(OC(F)F)c(OCC2CC2)c1)=C(\C)Cl. The summed E-state index contributed by atoms with van der Waals surface area (Å²) >= 11 is 12.5. The van der Waals surface area contributed by atoms with Gasteiger partial charge in [-0.2, -0.15) is 13.5 Å². The zero-order valence-corrected chi connectivity index (χ0v) is 35.2. The lowest BCUT2D eigenvalue weighted by molar-refractivity contribution is -0.161. The highest BCUT2D eigenvalue weighted by Crippen LogP contribution is 2.39. The second-order valence-corrected chi connectivity index (χ2v) is 17.8. The highest BCUT2D eigenvalue weighted by molar-refractivity contribution is 7.89. The molecule has 3 aromatic rings. The lowest BCUT2D eigenvalue weighted by Gasteiger charge is -2.44. The summed E-state index contributed by atoms with van der Waals surface area (Å²) in [5.41, 5.74) is 1.14. The van der Waals surface area contributed by atoms with Crippen molar-refractivity contribution in [3.8, 4) is 11.5 Å². The van der Waals surface area contributed by atoms with Crippen molar-refractivity contribution in [3.05, 3.63) is 112 Å². The molecule has 3 atom stereocenters. The van der Waals surface area contributed by atoms with E-state index in [0.717, 1.165) is 38.8 Å². The van der Waals surface area contributed by atoms with Crippen molar-refractivity contribution in [3.63, 3.8) is 0 Å². The molecule has 0 spiro atoms. The van der Waals surface area contributed by atoms with Crippen LogP contribution in [0.25, 0.3) is 0 Å². The summed E-state index contributed by atoms with van der Waals surface area (Å²) in [6, 6.07) is 16.5. The Morgan fingerprint density at radius 1 is 0.933 bits per heavy atom. The summed E-state index contributed by atoms with van der Waals surface area (Å²) in [6.45, 7) is 4.83. The number of benzene rings is 3. The molecule has 1 aliphatic carbocycles. The van der Waals surface area contributed by atoms with Crippen molar-refractivity contribution in [2.75, 3.05) is 32.8 Å². The first-order chi connectivity index (χ1) is 28.7. The number of esters is 2. The topological polar surface area (TPSA) is 150 Å². The number of amides is 1. The lowest BCUT2D eigenvalue weighted by Crippen LogP contribution is -2.52. The molecule has 1 amide bonds. The van der Waals surface area contributed by atoms with Crippen LogP contribution in [0.3, 0.4) is 0 Å². The molecule has 0 radical (unpaired) electrons. The smallest absolute Gasteiger partial charge is 0.387 e. The van der Waals surface area contributed by atoms with Gasteiger partial charge in [0.25, 0.3) is 5.91 Å². The number of carbonyl (C=O) groups excluding carboxylic acids is 3. The quantitative estimate of drug-likeness (QED) is 0.0851. The van der Waals surface area contributed by atoms with E-state index in [1.54, 1.807) is 37.3 Å². The second kappa shape index (κ2) is 20.3. The van der Waals surface area contributed by atoms with Crippen LogP contribution < -0.4 is 19.5 Å². The van der Waals surface area contributed by atoms with E-state index in [9.17, 15) is 31.6 Å². The third-order valence-corrected chi connectivity index (χ3v) is 12.5. The largest absolute Gasteiger partial charge is 0.489 e. The summed E-state index contributed by atoms with van der Waals surface area (Å²) in [4.78, 5) is 42.1. The van der Waals surface area contributed by atoms with Crippen LogP contribution in [-0.4, -0.2) is 76.7 Å². The van der Waals surface area contributed by atoms with Crippen LogP contribution >= 0.6 is 23.2 Å². The molecule has 2 bridgehead atoms. The molecule has 0 aromatic heterocycles. The van der Waals surface area contributed by atoms with Crippen LogP contribution in [0.4, 0.5) is 8.78 Å². The lowest BCUT2D eigenvalue weighted by atomic mass is 9.86. The number of nitrogens with zero attached hydrogens (tertiary/aromatic N) is 1. The van der Waals surface area contributed by atoms with Gasteiger partial charge in [-0.25, -0.2) is 13.2 Å². The number of ether oxygens (including phenoxy) is 4. The number of hydrogen-bond acceptors (Lipinski definition) is 10. The molecule has 17 heteroatoms. The highest BCUT2D eigenvalue weighted by Gasteiger charge is 2.39. The molecular formula is C43H47Cl2F2N3O9S. The molecule has 3 aliphatic heterocycles. The minimum absolute atomic E-state index is 0.0203. The van der Waals surface area contributed by atoms with Gasteiger partial charge in [0.05, 0.1) is 17.9 Å². The van der Waals surface area contributed by atoms with E-state index in [1.165, 1.54) is 42.5 Å². The molecule has 3 heterocycles. The summed E-state index contributed by atoms with van der Waals surface area (Å²) in [6.07, 6.45) is 2.02. The molecule has 3 aromatic carbocycles. The molecule has 7 rings (SSSR count). The number of alkyl halides is 2. The Morgan fingerprint density at radius 3 is 2.30 bits per heavy atom. The van der Waals surface area contributed by atoms with Crippen LogP contribution in [-0.2, 0) is 29.1 Å². The fourth-order valence-corrected chi connectivity index (χ4v) is 8.84. The van der Waals surface area contributed by atoms with Crippen LogP contribution in [0.15, 0.2) is 99.9 Å². The first-order valence-electron chi connectivity index (χ1n) is 19.7. The predicted molar refractivity (Wildman–Crippen MR) is 220 cm³/mol. The molecule has 2 N–H and O–H groups in total. The molecule has 1 unspecified atom stereocenters. The van der Waals surface area contributed by atoms with Gasteiger partial charge in [-0.3, -0.25) is 14.5 Å². The number of piperidine rings is 3. The monoisotopic (exact) mass is 889 g/mol. The Labute approximate surface area is 358 Å². The first-order valence-corrected chi connectivity index (χ1v) is 21.9. The Kier molecular flexibility index (Phi) is 15.3. The van der Waals surface area contributed by atoms with Gasteiger partial charge in [0.1, 0.15) is 18.2 Å². The Balaban J connectivity index is 1.10. The highest BCUT2D eigenvalue weighted by atomic mass is 35.5. The van der Waals surface area contributed by atoms with Gasteiger partial charge in [0, 0.05) is 35.1 Å². The van der Waals surface area contributed by atoms with E-state index in [-0.39, 0.29) is 58.4 Å². The number of nitrogens with one attached hydrogen (secondary N) is 2. The van der Waals surface area contributed by atoms with E-state index in [0.29, 0.717) is 40.8 Å². The number of fused-ring (bicyclic) bond motifs is 3. The average molecular weight is 891 g/mol. The number of allylic oxidation sites excluding steroid dienone is 2. The zero-order chi connectivity index (χ0) is 43.0. The predicted octanol–water partition coefficient (Wildman–Crippen LogP) is 7.79. The van der Waals surface area contributed by atoms with Gasteiger partial charge < -0.3 is 24.3 Å².